The zero-order valence-electron chi connectivity index (χ0n) is 14.7. The molecule has 0 aliphatic rings. The Balaban J connectivity index is 1.92. The molecule has 0 aliphatic heterocycles. The summed E-state index contributed by atoms with van der Waals surface area (Å²) in [5.74, 6) is -0.743. The molecule has 2 aromatic heterocycles. The van der Waals surface area contributed by atoms with Crippen molar-refractivity contribution in [3.05, 3.63) is 47.5 Å². The average Bonchev–Trinajstić information content (AvgIpc) is 3.22. The Morgan fingerprint density at radius 3 is 2.67 bits per heavy atom. The van der Waals surface area contributed by atoms with Gasteiger partial charge in [-0.3, -0.25) is 4.79 Å². The second-order valence-corrected chi connectivity index (χ2v) is 6.21. The van der Waals surface area contributed by atoms with Crippen LogP contribution in [0.1, 0.15) is 29.3 Å². The summed E-state index contributed by atoms with van der Waals surface area (Å²) in [6, 6.07) is 10.1. The maximum atomic E-state index is 12.0. The Bertz CT molecular complexity index is 1200. The first-order valence-corrected chi connectivity index (χ1v) is 8.43. The van der Waals surface area contributed by atoms with Crippen molar-refractivity contribution in [2.75, 3.05) is 5.32 Å². The molecule has 27 heavy (non-hydrogen) atoms. The van der Waals surface area contributed by atoms with E-state index in [-0.39, 0.29) is 17.4 Å². The fourth-order valence-electron chi connectivity index (χ4n) is 2.87. The van der Waals surface area contributed by atoms with Crippen LogP contribution in [0.15, 0.2) is 45.2 Å². The highest BCUT2D eigenvalue weighted by Crippen LogP contribution is 2.39. The van der Waals surface area contributed by atoms with Gasteiger partial charge in [0.1, 0.15) is 16.8 Å². The van der Waals surface area contributed by atoms with Crippen LogP contribution in [-0.2, 0) is 4.79 Å². The molecular formula is C20H16N2O5. The van der Waals surface area contributed by atoms with E-state index < -0.39 is 5.97 Å². The summed E-state index contributed by atoms with van der Waals surface area (Å²) >= 11 is 0. The van der Waals surface area contributed by atoms with Gasteiger partial charge in [-0.1, -0.05) is 18.6 Å². The van der Waals surface area contributed by atoms with E-state index in [4.69, 9.17) is 13.9 Å². The largest absolute Gasteiger partial charge is 0.478 e. The van der Waals surface area contributed by atoms with E-state index in [0.717, 1.165) is 10.9 Å². The molecule has 1 amide bonds. The molecule has 136 valence electrons. The lowest BCUT2D eigenvalue weighted by atomic mass is 10.1. The third-order valence-electron chi connectivity index (χ3n) is 4.26. The molecule has 2 aromatic carbocycles. The van der Waals surface area contributed by atoms with Gasteiger partial charge in [-0.15, -0.1) is 0 Å². The van der Waals surface area contributed by atoms with Crippen LogP contribution in [0.2, 0.25) is 0 Å². The molecule has 2 heterocycles. The number of anilines is 1. The van der Waals surface area contributed by atoms with Crippen LogP contribution in [0.25, 0.3) is 33.7 Å². The molecule has 0 saturated carbocycles. The van der Waals surface area contributed by atoms with E-state index in [1.165, 1.54) is 12.1 Å². The van der Waals surface area contributed by atoms with Crippen LogP contribution in [0.3, 0.4) is 0 Å². The van der Waals surface area contributed by atoms with E-state index in [0.29, 0.717) is 34.6 Å². The van der Waals surface area contributed by atoms with Crippen molar-refractivity contribution in [3.63, 3.8) is 0 Å². The molecule has 4 rings (SSSR count). The lowest BCUT2D eigenvalue weighted by Crippen LogP contribution is -2.09. The van der Waals surface area contributed by atoms with Gasteiger partial charge in [-0.2, -0.15) is 0 Å². The summed E-state index contributed by atoms with van der Waals surface area (Å²) < 4.78 is 11.6. The molecule has 0 spiro atoms. The van der Waals surface area contributed by atoms with Gasteiger partial charge in [-0.05, 0) is 37.3 Å². The van der Waals surface area contributed by atoms with Crippen molar-refractivity contribution in [3.8, 4) is 11.7 Å². The highest BCUT2D eigenvalue weighted by atomic mass is 16.4. The summed E-state index contributed by atoms with van der Waals surface area (Å²) in [6.07, 6.45) is 0.313. The van der Waals surface area contributed by atoms with Crippen LogP contribution in [-0.4, -0.2) is 22.0 Å². The number of carboxylic acids is 1. The van der Waals surface area contributed by atoms with Gasteiger partial charge in [0.2, 0.25) is 11.7 Å². The van der Waals surface area contributed by atoms with Gasteiger partial charge in [0.05, 0.1) is 5.56 Å². The number of oxazole rings is 1. The fourth-order valence-corrected chi connectivity index (χ4v) is 2.87. The molecule has 7 nitrogen and oxygen atoms in total. The third-order valence-corrected chi connectivity index (χ3v) is 4.26. The zero-order valence-corrected chi connectivity index (χ0v) is 14.7. The summed E-state index contributed by atoms with van der Waals surface area (Å²) in [7, 11) is 0. The van der Waals surface area contributed by atoms with E-state index in [1.807, 2.05) is 25.1 Å². The minimum absolute atomic E-state index is 0.102. The van der Waals surface area contributed by atoms with Crippen molar-refractivity contribution < 1.29 is 23.5 Å². The molecule has 4 aromatic rings. The maximum Gasteiger partial charge on any atom is 0.335 e. The number of carbonyl (C=O) groups is 2. The number of rotatable bonds is 4. The number of carbonyl (C=O) groups excluding carboxylic acids is 1. The number of amides is 1. The van der Waals surface area contributed by atoms with Gasteiger partial charge in [0.15, 0.2) is 5.58 Å². The molecule has 0 bridgehead atoms. The molecule has 2 N–H and O–H groups in total. The first-order chi connectivity index (χ1) is 13.0. The number of aromatic carboxylic acids is 1. The highest BCUT2D eigenvalue weighted by Gasteiger charge is 2.22. The number of carboxylic acid groups (broad SMARTS) is 1. The van der Waals surface area contributed by atoms with Crippen molar-refractivity contribution >= 4 is 39.6 Å². The Hall–Kier alpha value is -3.61. The minimum atomic E-state index is -1.05. The fraction of sp³-hybridized carbons (Fsp3) is 0.150. The second kappa shape index (κ2) is 6.28. The monoisotopic (exact) mass is 364 g/mol. The normalized spacial score (nSPS) is 11.2. The molecule has 0 atom stereocenters. The van der Waals surface area contributed by atoms with Gasteiger partial charge in [0.25, 0.3) is 5.89 Å². The van der Waals surface area contributed by atoms with Gasteiger partial charge >= 0.3 is 5.97 Å². The standard InChI is InChI=1S/C20H16N2O5/c1-3-16(23)22-17-12-8-10(2)4-7-14(12)26-18(17)19-21-13-6-5-11(20(24)25)9-15(13)27-19/h4-9H,3H2,1-2H3,(H,22,23)(H,24,25). The minimum Gasteiger partial charge on any atom is -0.478 e. The molecule has 0 radical (unpaired) electrons. The lowest BCUT2D eigenvalue weighted by Gasteiger charge is -2.03. The van der Waals surface area contributed by atoms with E-state index in [1.54, 1.807) is 13.0 Å². The van der Waals surface area contributed by atoms with E-state index in [9.17, 15) is 9.59 Å². The second-order valence-electron chi connectivity index (χ2n) is 6.21. The Morgan fingerprint density at radius 2 is 1.93 bits per heavy atom. The van der Waals surface area contributed by atoms with Crippen molar-refractivity contribution in [2.45, 2.75) is 20.3 Å². The number of nitrogens with zero attached hydrogens (tertiary/aromatic N) is 1. The van der Waals surface area contributed by atoms with Gasteiger partial charge in [-0.25, -0.2) is 9.78 Å². The molecule has 7 heteroatoms. The summed E-state index contributed by atoms with van der Waals surface area (Å²) in [5, 5.41) is 12.7. The number of benzene rings is 2. The van der Waals surface area contributed by atoms with Crippen molar-refractivity contribution in [1.82, 2.24) is 4.98 Å². The topological polar surface area (TPSA) is 106 Å². The van der Waals surface area contributed by atoms with Gasteiger partial charge in [0, 0.05) is 11.8 Å². The van der Waals surface area contributed by atoms with E-state index in [2.05, 4.69) is 10.3 Å². The Labute approximate surface area is 153 Å². The lowest BCUT2D eigenvalue weighted by molar-refractivity contribution is -0.115. The van der Waals surface area contributed by atoms with Gasteiger partial charge < -0.3 is 19.3 Å². The smallest absolute Gasteiger partial charge is 0.335 e. The number of fused-ring (bicyclic) bond motifs is 2. The predicted molar refractivity (Wildman–Crippen MR) is 99.8 cm³/mol. The average molecular weight is 364 g/mol. The third kappa shape index (κ3) is 2.93. The Morgan fingerprint density at radius 1 is 1.11 bits per heavy atom. The molecular weight excluding hydrogens is 348 g/mol. The van der Waals surface area contributed by atoms with Crippen LogP contribution >= 0.6 is 0 Å². The van der Waals surface area contributed by atoms with Crippen LogP contribution in [0, 0.1) is 6.92 Å². The van der Waals surface area contributed by atoms with Crippen LogP contribution in [0.4, 0.5) is 5.69 Å². The SMILES string of the molecule is CCC(=O)Nc1c(-c2nc3ccc(C(=O)O)cc3o2)oc2ccc(C)cc12. The van der Waals surface area contributed by atoms with Crippen molar-refractivity contribution in [1.29, 1.82) is 0 Å². The van der Waals surface area contributed by atoms with Crippen LogP contribution in [0.5, 0.6) is 0 Å². The number of aromatic nitrogens is 1. The highest BCUT2D eigenvalue weighted by molar-refractivity contribution is 6.06. The molecule has 0 fully saturated rings. The number of nitrogens with one attached hydrogen (secondary N) is 1. The first-order valence-electron chi connectivity index (χ1n) is 8.43. The zero-order chi connectivity index (χ0) is 19.1. The summed E-state index contributed by atoms with van der Waals surface area (Å²) in [4.78, 5) is 27.6. The maximum absolute atomic E-state index is 12.0. The number of hydrogen-bond acceptors (Lipinski definition) is 5. The Kier molecular flexibility index (Phi) is 3.92. The van der Waals surface area contributed by atoms with Crippen molar-refractivity contribution in [2.24, 2.45) is 0 Å². The number of aryl methyl sites for hydroxylation is 1. The molecule has 0 aliphatic carbocycles. The number of hydrogen-bond donors (Lipinski definition) is 2. The number of furan rings is 1. The quantitative estimate of drug-likeness (QED) is 0.548. The van der Waals surface area contributed by atoms with Crippen LogP contribution < -0.4 is 5.32 Å². The predicted octanol–water partition coefficient (Wildman–Crippen LogP) is 4.60. The van der Waals surface area contributed by atoms with E-state index >= 15 is 0 Å². The summed E-state index contributed by atoms with van der Waals surface area (Å²) in [5.41, 5.74) is 3.03. The first kappa shape index (κ1) is 16.8. The molecule has 0 unspecified atom stereocenters. The summed E-state index contributed by atoms with van der Waals surface area (Å²) in [6.45, 7) is 3.71. The molecule has 0 saturated heterocycles.